The first-order chi connectivity index (χ1) is 27.5. The number of hydrogen-bond donors (Lipinski definition) is 5. The average Bonchev–Trinajstić information content (AvgIpc) is 4.00. The van der Waals surface area contributed by atoms with Crippen LogP contribution < -0.4 is 0 Å². The van der Waals surface area contributed by atoms with Crippen molar-refractivity contribution >= 4 is 39.6 Å². The molecule has 0 bridgehead atoms. The maximum atomic E-state index is 13.9. The summed E-state index contributed by atoms with van der Waals surface area (Å²) in [6, 6.07) is 17.3. The van der Waals surface area contributed by atoms with Gasteiger partial charge < -0.3 is 19.8 Å². The largest absolute Gasteiger partial charge is 0.461 e. The smallest absolute Gasteiger partial charge is 0.302 e. The van der Waals surface area contributed by atoms with Gasteiger partial charge in [0.05, 0.1) is 52.2 Å². The first-order valence-electron chi connectivity index (χ1n) is 17.2. The fourth-order valence-corrected chi connectivity index (χ4v) is 6.19. The van der Waals surface area contributed by atoms with Gasteiger partial charge in [-0.2, -0.15) is 10.2 Å². The van der Waals surface area contributed by atoms with Crippen molar-refractivity contribution in [2.24, 2.45) is 0 Å². The second kappa shape index (κ2) is 16.2. The number of nitrogens with one attached hydrogen (secondary N) is 4. The Hall–Kier alpha value is -7.27. The Morgan fingerprint density at radius 2 is 1.04 bits per heavy atom. The molecule has 0 fully saturated rings. The SMILES string of the molecule is CC(=O)OCc1cccc2[nH]c(-c3[nH]ncc3CC(=O)c3c(F)cccc3F)nc12.O=C(Cc1cn[nH]c1-c1nc2c(CO)cccc2[nH]1)c1c(F)cccc1F. The molecular formula is C40H30F4N8O5. The molecule has 288 valence electrons. The standard InChI is InChI=1S/C21H16F2N4O3.C19H14F2N4O2/c1-11(28)30-10-12-4-2-7-16-19(12)26-21(25-16)20-13(9-24-27-20)8-17(29)18-14(22)5-3-6-15(18)23;20-12-4-2-5-13(21)16(12)15(27)7-11-8-22-25-18(11)19-23-14-6-1-3-10(9-26)17(14)24-19/h2-7,9H,8,10H2,1H3,(H,24,27)(H,25,26);1-6,8,26H,7,9H2,(H,22,25)(H,23,24). The van der Waals surface area contributed by atoms with Crippen molar-refractivity contribution in [3.8, 4) is 23.0 Å². The third-order valence-corrected chi connectivity index (χ3v) is 8.89. The van der Waals surface area contributed by atoms with E-state index in [4.69, 9.17) is 4.74 Å². The average molecular weight is 779 g/mol. The molecule has 0 amide bonds. The van der Waals surface area contributed by atoms with Crippen LogP contribution in [0.4, 0.5) is 17.6 Å². The Morgan fingerprint density at radius 1 is 0.614 bits per heavy atom. The van der Waals surface area contributed by atoms with E-state index in [1.54, 1.807) is 36.4 Å². The molecular weight excluding hydrogens is 748 g/mol. The zero-order chi connectivity index (χ0) is 40.2. The zero-order valence-corrected chi connectivity index (χ0v) is 29.8. The molecule has 8 aromatic rings. The predicted molar refractivity (Wildman–Crippen MR) is 198 cm³/mol. The molecule has 0 atom stereocenters. The number of aliphatic hydroxyl groups excluding tert-OH is 1. The van der Waals surface area contributed by atoms with E-state index in [1.807, 2.05) is 0 Å². The fourth-order valence-electron chi connectivity index (χ4n) is 6.19. The van der Waals surface area contributed by atoms with E-state index in [9.17, 15) is 37.1 Å². The van der Waals surface area contributed by atoms with Gasteiger partial charge in [-0.15, -0.1) is 0 Å². The maximum absolute atomic E-state index is 13.9. The zero-order valence-electron chi connectivity index (χ0n) is 29.8. The van der Waals surface area contributed by atoms with Crippen LogP contribution in [-0.2, 0) is 35.6 Å². The number of halogens is 4. The van der Waals surface area contributed by atoms with Crippen molar-refractivity contribution in [2.75, 3.05) is 0 Å². The summed E-state index contributed by atoms with van der Waals surface area (Å²) in [5.74, 6) is -4.62. The number of ether oxygens (including phenoxy) is 1. The molecule has 13 nitrogen and oxygen atoms in total. The number of aromatic amines is 4. The minimum Gasteiger partial charge on any atom is -0.461 e. The number of carbonyl (C=O) groups excluding carboxylic acids is 3. The van der Waals surface area contributed by atoms with E-state index in [2.05, 4.69) is 40.3 Å². The summed E-state index contributed by atoms with van der Waals surface area (Å²) >= 11 is 0. The topological polar surface area (TPSA) is 195 Å². The number of aromatic nitrogens is 8. The minimum absolute atomic E-state index is 0.0673. The third kappa shape index (κ3) is 7.95. The highest BCUT2D eigenvalue weighted by Crippen LogP contribution is 2.28. The van der Waals surface area contributed by atoms with Crippen LogP contribution in [0.25, 0.3) is 45.1 Å². The first-order valence-corrected chi connectivity index (χ1v) is 17.2. The normalized spacial score (nSPS) is 11.1. The van der Waals surface area contributed by atoms with Crippen LogP contribution in [0.3, 0.4) is 0 Å². The van der Waals surface area contributed by atoms with Crippen molar-refractivity contribution in [3.05, 3.63) is 142 Å². The number of carbonyl (C=O) groups is 3. The number of aliphatic hydroxyl groups is 1. The van der Waals surface area contributed by atoms with Crippen molar-refractivity contribution in [2.45, 2.75) is 33.0 Å². The van der Waals surface area contributed by atoms with Gasteiger partial charge in [-0.1, -0.05) is 36.4 Å². The van der Waals surface area contributed by atoms with Gasteiger partial charge in [0.25, 0.3) is 0 Å². The maximum Gasteiger partial charge on any atom is 0.302 e. The van der Waals surface area contributed by atoms with E-state index >= 15 is 0 Å². The first kappa shape index (κ1) is 38.0. The highest BCUT2D eigenvalue weighted by atomic mass is 19.1. The Bertz CT molecular complexity index is 2750. The molecule has 4 aromatic heterocycles. The minimum atomic E-state index is -0.913. The van der Waals surface area contributed by atoms with Crippen molar-refractivity contribution in [3.63, 3.8) is 0 Å². The highest BCUT2D eigenvalue weighted by molar-refractivity contribution is 5.99. The highest BCUT2D eigenvalue weighted by Gasteiger charge is 2.23. The molecule has 0 saturated carbocycles. The van der Waals surface area contributed by atoms with Crippen LogP contribution in [0.2, 0.25) is 0 Å². The second-order valence-electron chi connectivity index (χ2n) is 12.7. The molecule has 5 N–H and O–H groups in total. The van der Waals surface area contributed by atoms with Gasteiger partial charge in [0, 0.05) is 42.0 Å². The monoisotopic (exact) mass is 778 g/mol. The lowest BCUT2D eigenvalue weighted by atomic mass is 10.0. The summed E-state index contributed by atoms with van der Waals surface area (Å²) in [6.07, 6.45) is 2.33. The summed E-state index contributed by atoms with van der Waals surface area (Å²) in [7, 11) is 0. The number of Topliss-reactive ketones (excluding diaryl/α,β-unsaturated/α-hetero) is 2. The molecule has 0 spiro atoms. The van der Waals surface area contributed by atoms with Gasteiger partial charge in [-0.3, -0.25) is 24.6 Å². The Labute approximate surface area is 319 Å². The predicted octanol–water partition coefficient (Wildman–Crippen LogP) is 6.87. The third-order valence-electron chi connectivity index (χ3n) is 8.89. The lowest BCUT2D eigenvalue weighted by Gasteiger charge is -2.04. The number of imidazole rings is 2. The number of benzene rings is 4. The van der Waals surface area contributed by atoms with Crippen LogP contribution in [0, 0.1) is 23.3 Å². The molecule has 17 heteroatoms. The van der Waals surface area contributed by atoms with Gasteiger partial charge in [0.15, 0.2) is 23.2 Å². The second-order valence-corrected chi connectivity index (χ2v) is 12.7. The number of fused-ring (bicyclic) bond motifs is 2. The number of para-hydroxylation sites is 2. The van der Waals surface area contributed by atoms with E-state index < -0.39 is 51.9 Å². The number of H-pyrrole nitrogens is 4. The van der Waals surface area contributed by atoms with Crippen molar-refractivity contribution < 1.29 is 41.8 Å². The van der Waals surface area contributed by atoms with E-state index in [-0.39, 0.29) is 26.1 Å². The lowest BCUT2D eigenvalue weighted by molar-refractivity contribution is -0.142. The van der Waals surface area contributed by atoms with Crippen LogP contribution in [-0.4, -0.2) is 63.0 Å². The summed E-state index contributed by atoms with van der Waals surface area (Å²) < 4.78 is 60.6. The van der Waals surface area contributed by atoms with Gasteiger partial charge >= 0.3 is 5.97 Å². The van der Waals surface area contributed by atoms with Crippen LogP contribution >= 0.6 is 0 Å². The summed E-state index contributed by atoms with van der Waals surface area (Å²) in [5, 5.41) is 22.8. The molecule has 0 aliphatic heterocycles. The molecule has 0 aliphatic rings. The molecule has 57 heavy (non-hydrogen) atoms. The molecule has 4 heterocycles. The van der Waals surface area contributed by atoms with Crippen LogP contribution in [0.5, 0.6) is 0 Å². The number of ketones is 2. The van der Waals surface area contributed by atoms with Gasteiger partial charge in [0.2, 0.25) is 0 Å². The number of nitrogens with zero attached hydrogens (tertiary/aromatic N) is 4. The molecule has 0 aliphatic carbocycles. The van der Waals surface area contributed by atoms with Crippen LogP contribution in [0.15, 0.2) is 85.2 Å². The van der Waals surface area contributed by atoms with E-state index in [0.717, 1.165) is 24.3 Å². The number of esters is 1. The summed E-state index contributed by atoms with van der Waals surface area (Å²) in [6.45, 7) is 1.22. The van der Waals surface area contributed by atoms with Crippen LogP contribution in [0.1, 0.15) is 49.9 Å². The summed E-state index contributed by atoms with van der Waals surface area (Å²) in [4.78, 5) is 51.2. The van der Waals surface area contributed by atoms with Gasteiger partial charge in [0.1, 0.15) is 41.3 Å². The summed E-state index contributed by atoms with van der Waals surface area (Å²) in [5.41, 5.74) is 4.56. The van der Waals surface area contributed by atoms with E-state index in [1.165, 1.54) is 31.5 Å². The van der Waals surface area contributed by atoms with Gasteiger partial charge in [-0.25, -0.2) is 27.5 Å². The molecule has 0 unspecified atom stereocenters. The molecule has 8 rings (SSSR count). The van der Waals surface area contributed by atoms with E-state index in [0.29, 0.717) is 67.4 Å². The lowest BCUT2D eigenvalue weighted by Crippen LogP contribution is -2.09. The van der Waals surface area contributed by atoms with Crippen molar-refractivity contribution in [1.82, 2.24) is 40.3 Å². The van der Waals surface area contributed by atoms with Crippen molar-refractivity contribution in [1.29, 1.82) is 0 Å². The fraction of sp³-hybridized carbons (Fsp3) is 0.125. The Balaban J connectivity index is 0.000000175. The Kier molecular flexibility index (Phi) is 10.8. The Morgan fingerprint density at radius 3 is 1.47 bits per heavy atom. The molecule has 0 saturated heterocycles. The number of rotatable bonds is 11. The quantitative estimate of drug-likeness (QED) is 0.0529. The molecule has 0 radical (unpaired) electrons. The van der Waals surface area contributed by atoms with Gasteiger partial charge in [-0.05, 0) is 36.4 Å². The molecule has 4 aromatic carbocycles. The number of hydrogen-bond acceptors (Lipinski definition) is 9.